The first-order valence-electron chi connectivity index (χ1n) is 8.71. The van der Waals surface area contributed by atoms with Crippen molar-refractivity contribution < 1.29 is 14.3 Å². The number of hydrogen-bond donors (Lipinski definition) is 0. The highest BCUT2D eigenvalue weighted by molar-refractivity contribution is 5.84. The van der Waals surface area contributed by atoms with Gasteiger partial charge in [-0.1, -0.05) is 12.5 Å². The van der Waals surface area contributed by atoms with Crippen molar-refractivity contribution in [3.63, 3.8) is 0 Å². The van der Waals surface area contributed by atoms with Crippen molar-refractivity contribution in [3.05, 3.63) is 29.3 Å². The summed E-state index contributed by atoms with van der Waals surface area (Å²) in [4.78, 5) is 15.1. The number of rotatable bonds is 6. The van der Waals surface area contributed by atoms with E-state index in [0.717, 1.165) is 44.4 Å². The third kappa shape index (κ3) is 3.23. The molecule has 0 spiro atoms. The normalized spacial score (nSPS) is 19.0. The third-order valence-corrected chi connectivity index (χ3v) is 5.34. The smallest absolute Gasteiger partial charge is 0.229 e. The number of nitrogens with zero attached hydrogens (tertiary/aromatic N) is 1. The average molecular weight is 317 g/mol. The minimum Gasteiger partial charge on any atom is -0.494 e. The predicted octanol–water partition coefficient (Wildman–Crippen LogP) is 3.18. The summed E-state index contributed by atoms with van der Waals surface area (Å²) in [6.45, 7) is 4.87. The molecular weight excluding hydrogens is 290 g/mol. The summed E-state index contributed by atoms with van der Waals surface area (Å²) < 4.78 is 10.8. The number of carbonyl (C=O) groups is 1. The predicted molar refractivity (Wildman–Crippen MR) is 89.5 cm³/mol. The van der Waals surface area contributed by atoms with Crippen LogP contribution in [-0.2, 0) is 22.5 Å². The van der Waals surface area contributed by atoms with E-state index in [9.17, 15) is 4.79 Å². The molecule has 3 rings (SSSR count). The highest BCUT2D eigenvalue weighted by Crippen LogP contribution is 2.46. The molecule has 4 nitrogen and oxygen atoms in total. The number of hydrogen-bond acceptors (Lipinski definition) is 3. The Labute approximate surface area is 138 Å². The van der Waals surface area contributed by atoms with Crippen molar-refractivity contribution in [2.24, 2.45) is 5.41 Å². The van der Waals surface area contributed by atoms with E-state index in [0.29, 0.717) is 25.7 Å². The highest BCUT2D eigenvalue weighted by atomic mass is 16.5. The van der Waals surface area contributed by atoms with Gasteiger partial charge in [-0.2, -0.15) is 0 Å². The van der Waals surface area contributed by atoms with E-state index in [-0.39, 0.29) is 5.41 Å². The molecule has 1 aliphatic heterocycles. The third-order valence-electron chi connectivity index (χ3n) is 5.34. The van der Waals surface area contributed by atoms with Gasteiger partial charge in [-0.25, -0.2) is 0 Å². The van der Waals surface area contributed by atoms with Crippen LogP contribution in [0.15, 0.2) is 18.2 Å². The van der Waals surface area contributed by atoms with Gasteiger partial charge in [-0.15, -0.1) is 0 Å². The zero-order chi connectivity index (χ0) is 16.3. The minimum atomic E-state index is -0.162. The van der Waals surface area contributed by atoms with Crippen LogP contribution < -0.4 is 4.74 Å². The monoisotopic (exact) mass is 317 g/mol. The van der Waals surface area contributed by atoms with Gasteiger partial charge < -0.3 is 14.4 Å². The van der Waals surface area contributed by atoms with E-state index in [1.807, 2.05) is 17.9 Å². The molecule has 0 unspecified atom stereocenters. The molecule has 4 heteroatoms. The van der Waals surface area contributed by atoms with Gasteiger partial charge in [0.1, 0.15) is 5.75 Å². The maximum absolute atomic E-state index is 13.1. The largest absolute Gasteiger partial charge is 0.494 e. The summed E-state index contributed by atoms with van der Waals surface area (Å²) in [6.07, 6.45) is 4.97. The van der Waals surface area contributed by atoms with Gasteiger partial charge in [-0.3, -0.25) is 4.79 Å². The average Bonchev–Trinajstić information content (AvgIpc) is 2.53. The van der Waals surface area contributed by atoms with Gasteiger partial charge in [0.15, 0.2) is 0 Å². The maximum Gasteiger partial charge on any atom is 0.229 e. The molecule has 23 heavy (non-hydrogen) atoms. The Balaban J connectivity index is 1.72. The van der Waals surface area contributed by atoms with Crippen molar-refractivity contribution in [1.29, 1.82) is 0 Å². The Hall–Kier alpha value is -1.55. The summed E-state index contributed by atoms with van der Waals surface area (Å²) in [7, 11) is 1.71. The summed E-state index contributed by atoms with van der Waals surface area (Å²) >= 11 is 0. The molecule has 126 valence electrons. The summed E-state index contributed by atoms with van der Waals surface area (Å²) in [5.74, 6) is 1.23. The lowest BCUT2D eigenvalue weighted by Gasteiger charge is -2.44. The number of ether oxygens (including phenoxy) is 2. The highest BCUT2D eigenvalue weighted by Gasteiger charge is 2.46. The summed E-state index contributed by atoms with van der Waals surface area (Å²) in [5, 5.41) is 0. The first-order valence-corrected chi connectivity index (χ1v) is 8.71. The van der Waals surface area contributed by atoms with E-state index in [1.165, 1.54) is 11.1 Å². The van der Waals surface area contributed by atoms with Crippen molar-refractivity contribution >= 4 is 5.91 Å². The molecule has 1 aromatic carbocycles. The van der Waals surface area contributed by atoms with Gasteiger partial charge in [0.25, 0.3) is 0 Å². The second-order valence-corrected chi connectivity index (χ2v) is 6.72. The molecule has 0 bridgehead atoms. The standard InChI is InChI=1S/C19H27NO3/c1-3-23-17-6-5-15-7-11-20(14-16(15)13-17)18(21)19(8-4-9-19)10-12-22-2/h5-6,13H,3-4,7-12,14H2,1-2H3. The Morgan fingerprint density at radius 2 is 2.13 bits per heavy atom. The SMILES string of the molecule is CCOc1ccc2c(c1)CN(C(=O)C1(CCOC)CCC1)CC2. The zero-order valence-electron chi connectivity index (χ0n) is 14.3. The first kappa shape index (κ1) is 16.3. The fourth-order valence-electron chi connectivity index (χ4n) is 3.77. The van der Waals surface area contributed by atoms with Gasteiger partial charge in [0, 0.05) is 26.8 Å². The summed E-state index contributed by atoms with van der Waals surface area (Å²) in [5.41, 5.74) is 2.42. The zero-order valence-corrected chi connectivity index (χ0v) is 14.3. The Morgan fingerprint density at radius 3 is 2.78 bits per heavy atom. The van der Waals surface area contributed by atoms with Crippen LogP contribution in [0.1, 0.15) is 43.7 Å². The van der Waals surface area contributed by atoms with Crippen LogP contribution in [0.5, 0.6) is 5.75 Å². The van der Waals surface area contributed by atoms with Crippen LogP contribution in [0, 0.1) is 5.41 Å². The van der Waals surface area contributed by atoms with Gasteiger partial charge >= 0.3 is 0 Å². The lowest BCUT2D eigenvalue weighted by molar-refractivity contribution is -0.150. The molecule has 0 saturated heterocycles. The molecule has 0 aromatic heterocycles. The Bertz CT molecular complexity index is 566. The van der Waals surface area contributed by atoms with E-state index >= 15 is 0 Å². The van der Waals surface area contributed by atoms with Crippen LogP contribution in [0.4, 0.5) is 0 Å². The van der Waals surface area contributed by atoms with Crippen LogP contribution in [-0.4, -0.2) is 37.7 Å². The molecule has 0 radical (unpaired) electrons. The molecule has 1 amide bonds. The molecule has 1 fully saturated rings. The van der Waals surface area contributed by atoms with Crippen molar-refractivity contribution in [2.75, 3.05) is 26.9 Å². The Kier molecular flexibility index (Phi) is 4.90. The lowest BCUT2D eigenvalue weighted by Crippen LogP contribution is -2.49. The lowest BCUT2D eigenvalue weighted by atomic mass is 9.65. The molecule has 2 aliphatic rings. The van der Waals surface area contributed by atoms with Gasteiger partial charge in [0.2, 0.25) is 5.91 Å². The van der Waals surface area contributed by atoms with Crippen molar-refractivity contribution in [2.45, 2.75) is 45.6 Å². The molecule has 1 heterocycles. The number of fused-ring (bicyclic) bond motifs is 1. The van der Waals surface area contributed by atoms with Crippen LogP contribution in [0.2, 0.25) is 0 Å². The quantitative estimate of drug-likeness (QED) is 0.809. The summed E-state index contributed by atoms with van der Waals surface area (Å²) in [6, 6.07) is 6.28. The van der Waals surface area contributed by atoms with Gasteiger partial charge in [-0.05, 0) is 55.9 Å². The van der Waals surface area contributed by atoms with E-state index in [2.05, 4.69) is 12.1 Å². The fourth-order valence-corrected chi connectivity index (χ4v) is 3.77. The number of methoxy groups -OCH3 is 1. The molecule has 1 aliphatic carbocycles. The molecule has 0 atom stereocenters. The molecule has 1 aromatic rings. The first-order chi connectivity index (χ1) is 11.2. The minimum absolute atomic E-state index is 0.162. The number of benzene rings is 1. The number of carbonyl (C=O) groups excluding carboxylic acids is 1. The molecule has 0 N–H and O–H groups in total. The van der Waals surface area contributed by atoms with E-state index in [4.69, 9.17) is 9.47 Å². The van der Waals surface area contributed by atoms with Crippen LogP contribution >= 0.6 is 0 Å². The Morgan fingerprint density at radius 1 is 1.30 bits per heavy atom. The molecular formula is C19H27NO3. The van der Waals surface area contributed by atoms with E-state index < -0.39 is 0 Å². The van der Waals surface area contributed by atoms with Crippen molar-refractivity contribution in [3.8, 4) is 5.75 Å². The van der Waals surface area contributed by atoms with E-state index in [1.54, 1.807) is 7.11 Å². The second-order valence-electron chi connectivity index (χ2n) is 6.72. The van der Waals surface area contributed by atoms with Crippen LogP contribution in [0.25, 0.3) is 0 Å². The topological polar surface area (TPSA) is 38.8 Å². The van der Waals surface area contributed by atoms with Crippen LogP contribution in [0.3, 0.4) is 0 Å². The molecule has 1 saturated carbocycles. The van der Waals surface area contributed by atoms with Gasteiger partial charge in [0.05, 0.1) is 12.0 Å². The van der Waals surface area contributed by atoms with Crippen molar-refractivity contribution in [1.82, 2.24) is 4.90 Å². The maximum atomic E-state index is 13.1. The second kappa shape index (κ2) is 6.91. The number of amides is 1. The fraction of sp³-hybridized carbons (Fsp3) is 0.632.